The fourth-order valence-corrected chi connectivity index (χ4v) is 2.96. The molecule has 0 saturated carbocycles. The van der Waals surface area contributed by atoms with Crippen LogP contribution in [0.5, 0.6) is 0 Å². The number of halogens is 4. The molecule has 0 fully saturated rings. The molecule has 0 aliphatic heterocycles. The van der Waals surface area contributed by atoms with Gasteiger partial charge in [-0.2, -0.15) is 13.2 Å². The second kappa shape index (κ2) is 9.22. The van der Waals surface area contributed by atoms with Gasteiger partial charge in [0.05, 0.1) is 11.1 Å². The predicted molar refractivity (Wildman–Crippen MR) is 111 cm³/mol. The van der Waals surface area contributed by atoms with E-state index < -0.39 is 29.7 Å². The molecule has 0 heterocycles. The van der Waals surface area contributed by atoms with Crippen LogP contribution in [-0.4, -0.2) is 11.9 Å². The quantitative estimate of drug-likeness (QED) is 0.473. The van der Waals surface area contributed by atoms with Crippen molar-refractivity contribution in [1.82, 2.24) is 0 Å². The van der Waals surface area contributed by atoms with Crippen LogP contribution in [0.2, 0.25) is 5.02 Å². The van der Waals surface area contributed by atoms with Gasteiger partial charge in [0, 0.05) is 16.3 Å². The van der Waals surface area contributed by atoms with Gasteiger partial charge in [0.2, 0.25) is 6.10 Å². The van der Waals surface area contributed by atoms with Crippen LogP contribution < -0.4 is 5.32 Å². The third-order valence-electron chi connectivity index (χ3n) is 4.43. The van der Waals surface area contributed by atoms with Crippen LogP contribution in [0.15, 0.2) is 72.8 Å². The third-order valence-corrected chi connectivity index (χ3v) is 4.84. The molecule has 0 radical (unpaired) electrons. The van der Waals surface area contributed by atoms with Crippen LogP contribution in [0, 0.1) is 6.92 Å². The lowest BCUT2D eigenvalue weighted by molar-refractivity contribution is -0.137. The van der Waals surface area contributed by atoms with Crippen molar-refractivity contribution in [2.24, 2.45) is 0 Å². The van der Waals surface area contributed by atoms with Crippen molar-refractivity contribution in [2.45, 2.75) is 19.2 Å². The standard InChI is InChI=1S/C23H17ClF3NO3/c1-14-10-11-18(13-19(14)24)28-21(29)20(15-6-3-2-4-7-15)31-22(30)16-8-5-9-17(12-16)23(25,26)27/h2-13,20H,1H3,(H,28,29)/t20-/m0/s1. The lowest BCUT2D eigenvalue weighted by Crippen LogP contribution is -2.26. The SMILES string of the molecule is Cc1ccc(NC(=O)[C@@H](OC(=O)c2cccc(C(F)(F)F)c2)c2ccccc2)cc1Cl. The van der Waals surface area contributed by atoms with Crippen molar-refractivity contribution in [3.63, 3.8) is 0 Å². The van der Waals surface area contributed by atoms with Crippen LogP contribution in [0.1, 0.15) is 33.2 Å². The molecule has 0 aromatic heterocycles. The zero-order valence-corrected chi connectivity index (χ0v) is 17.0. The molecule has 0 bridgehead atoms. The number of rotatable bonds is 5. The van der Waals surface area contributed by atoms with Gasteiger partial charge in [0.1, 0.15) is 0 Å². The summed E-state index contributed by atoms with van der Waals surface area (Å²) < 4.78 is 44.2. The highest BCUT2D eigenvalue weighted by Gasteiger charge is 2.32. The van der Waals surface area contributed by atoms with Gasteiger partial charge in [0.25, 0.3) is 5.91 Å². The Hall–Kier alpha value is -3.32. The first-order valence-corrected chi connectivity index (χ1v) is 9.53. The van der Waals surface area contributed by atoms with E-state index in [0.717, 1.165) is 17.7 Å². The van der Waals surface area contributed by atoms with Gasteiger partial charge >= 0.3 is 12.1 Å². The van der Waals surface area contributed by atoms with Crippen LogP contribution in [-0.2, 0) is 15.7 Å². The minimum absolute atomic E-state index is 0.318. The Balaban J connectivity index is 1.87. The highest BCUT2D eigenvalue weighted by atomic mass is 35.5. The Kier molecular flexibility index (Phi) is 6.65. The normalized spacial score (nSPS) is 12.2. The highest BCUT2D eigenvalue weighted by molar-refractivity contribution is 6.31. The lowest BCUT2D eigenvalue weighted by Gasteiger charge is -2.19. The molecule has 1 atom stereocenters. The fraction of sp³-hybridized carbons (Fsp3) is 0.130. The highest BCUT2D eigenvalue weighted by Crippen LogP contribution is 2.30. The number of nitrogens with one attached hydrogen (secondary N) is 1. The van der Waals surface area contributed by atoms with Crippen LogP contribution in [0.25, 0.3) is 0 Å². The van der Waals surface area contributed by atoms with Crippen molar-refractivity contribution in [3.05, 3.63) is 100 Å². The maximum atomic E-state index is 13.0. The van der Waals surface area contributed by atoms with Gasteiger partial charge in [-0.1, -0.05) is 54.1 Å². The number of anilines is 1. The summed E-state index contributed by atoms with van der Waals surface area (Å²) in [6.07, 6.45) is -6.00. The fourth-order valence-electron chi connectivity index (χ4n) is 2.78. The Morgan fingerprint density at radius 1 is 0.968 bits per heavy atom. The molecule has 160 valence electrons. The van der Waals surface area contributed by atoms with E-state index in [4.69, 9.17) is 16.3 Å². The smallest absolute Gasteiger partial charge is 0.416 e. The molecule has 1 N–H and O–H groups in total. The number of esters is 1. The molecule has 4 nitrogen and oxygen atoms in total. The predicted octanol–water partition coefficient (Wildman–Crippen LogP) is 6.20. The van der Waals surface area contributed by atoms with Crippen molar-refractivity contribution in [1.29, 1.82) is 0 Å². The first-order chi connectivity index (χ1) is 14.6. The first kappa shape index (κ1) is 22.4. The molecule has 3 aromatic carbocycles. The van der Waals surface area contributed by atoms with Gasteiger partial charge in [-0.15, -0.1) is 0 Å². The summed E-state index contributed by atoms with van der Waals surface area (Å²) in [4.78, 5) is 25.5. The van der Waals surface area contributed by atoms with E-state index in [-0.39, 0.29) is 5.56 Å². The summed E-state index contributed by atoms with van der Waals surface area (Å²) in [6, 6.07) is 16.9. The van der Waals surface area contributed by atoms with Crippen LogP contribution in [0.3, 0.4) is 0 Å². The van der Waals surface area contributed by atoms with E-state index in [1.165, 1.54) is 6.07 Å². The van der Waals surface area contributed by atoms with E-state index in [0.29, 0.717) is 22.3 Å². The Labute approximate surface area is 181 Å². The first-order valence-electron chi connectivity index (χ1n) is 9.15. The molecule has 0 aliphatic rings. The Morgan fingerprint density at radius 2 is 1.68 bits per heavy atom. The summed E-state index contributed by atoms with van der Waals surface area (Å²) in [5.74, 6) is -1.73. The molecule has 3 rings (SSSR count). The Morgan fingerprint density at radius 3 is 2.32 bits per heavy atom. The topological polar surface area (TPSA) is 55.4 Å². The largest absolute Gasteiger partial charge is 0.444 e. The molecule has 0 saturated heterocycles. The van der Waals surface area contributed by atoms with E-state index in [1.54, 1.807) is 55.5 Å². The lowest BCUT2D eigenvalue weighted by atomic mass is 10.1. The Bertz CT molecular complexity index is 1100. The maximum absolute atomic E-state index is 13.0. The number of aryl methyl sites for hydroxylation is 1. The molecule has 8 heteroatoms. The van der Waals surface area contributed by atoms with E-state index in [1.807, 2.05) is 0 Å². The van der Waals surface area contributed by atoms with E-state index in [9.17, 15) is 22.8 Å². The number of hydrogen-bond donors (Lipinski definition) is 1. The molecule has 1 amide bonds. The van der Waals surface area contributed by atoms with Crippen molar-refractivity contribution < 1.29 is 27.5 Å². The number of amides is 1. The second-order valence-corrected chi connectivity index (χ2v) is 7.14. The molecule has 0 spiro atoms. The summed E-state index contributed by atoms with van der Waals surface area (Å²) in [6.45, 7) is 1.80. The minimum atomic E-state index is -4.61. The minimum Gasteiger partial charge on any atom is -0.444 e. The van der Waals surface area contributed by atoms with E-state index in [2.05, 4.69) is 5.32 Å². The third kappa shape index (κ3) is 5.64. The molecule has 31 heavy (non-hydrogen) atoms. The summed E-state index contributed by atoms with van der Waals surface area (Å²) in [5.41, 5.74) is 0.254. The van der Waals surface area contributed by atoms with E-state index >= 15 is 0 Å². The van der Waals surface area contributed by atoms with Crippen molar-refractivity contribution in [3.8, 4) is 0 Å². The van der Waals surface area contributed by atoms with Crippen molar-refractivity contribution >= 4 is 29.2 Å². The molecule has 3 aromatic rings. The number of carbonyl (C=O) groups is 2. The number of benzene rings is 3. The van der Waals surface area contributed by atoms with Gasteiger partial charge in [0.15, 0.2) is 0 Å². The molecular formula is C23H17ClF3NO3. The summed E-state index contributed by atoms with van der Waals surface area (Å²) in [7, 11) is 0. The second-order valence-electron chi connectivity index (χ2n) is 6.73. The zero-order chi connectivity index (χ0) is 22.6. The molecule has 0 unspecified atom stereocenters. The number of hydrogen-bond acceptors (Lipinski definition) is 3. The molecule has 0 aliphatic carbocycles. The summed E-state index contributed by atoms with van der Waals surface area (Å²) >= 11 is 6.08. The zero-order valence-electron chi connectivity index (χ0n) is 16.2. The monoisotopic (exact) mass is 447 g/mol. The number of alkyl halides is 3. The van der Waals surface area contributed by atoms with Crippen LogP contribution >= 0.6 is 11.6 Å². The number of carbonyl (C=O) groups excluding carboxylic acids is 2. The van der Waals surface area contributed by atoms with Crippen molar-refractivity contribution in [2.75, 3.05) is 5.32 Å². The number of ether oxygens (including phenoxy) is 1. The van der Waals surface area contributed by atoms with Gasteiger partial charge in [-0.05, 0) is 42.8 Å². The van der Waals surface area contributed by atoms with Gasteiger partial charge in [-0.3, -0.25) is 4.79 Å². The van der Waals surface area contributed by atoms with Crippen LogP contribution in [0.4, 0.5) is 18.9 Å². The average molecular weight is 448 g/mol. The summed E-state index contributed by atoms with van der Waals surface area (Å²) in [5, 5.41) is 3.06. The average Bonchev–Trinajstić information content (AvgIpc) is 2.74. The van der Waals surface area contributed by atoms with Gasteiger partial charge < -0.3 is 10.1 Å². The van der Waals surface area contributed by atoms with Gasteiger partial charge in [-0.25, -0.2) is 4.79 Å². The maximum Gasteiger partial charge on any atom is 0.416 e. The molecular weight excluding hydrogens is 431 g/mol.